The lowest BCUT2D eigenvalue weighted by atomic mass is 9.94. The van der Waals surface area contributed by atoms with E-state index in [-0.39, 0.29) is 12.1 Å². The van der Waals surface area contributed by atoms with Crippen molar-refractivity contribution in [2.75, 3.05) is 39.2 Å². The van der Waals surface area contributed by atoms with Crippen molar-refractivity contribution in [1.82, 2.24) is 5.32 Å². The van der Waals surface area contributed by atoms with Gasteiger partial charge in [0.2, 0.25) is 5.90 Å². The number of rotatable bonds is 5. The monoisotopic (exact) mass is 434 g/mol. The second-order valence-electron chi connectivity index (χ2n) is 8.33. The Hall–Kier alpha value is -3.06. The van der Waals surface area contributed by atoms with Crippen LogP contribution in [0.5, 0.6) is 11.5 Å². The van der Waals surface area contributed by atoms with Gasteiger partial charge in [-0.3, -0.25) is 4.99 Å². The molecule has 168 valence electrons. The van der Waals surface area contributed by atoms with Crippen LogP contribution in [0.25, 0.3) is 11.1 Å². The number of piperidine rings is 1. The van der Waals surface area contributed by atoms with Gasteiger partial charge in [0.25, 0.3) is 0 Å². The highest BCUT2D eigenvalue weighted by Crippen LogP contribution is 2.43. The fraction of sp³-hybridized carbons (Fsp3) is 0.440. The number of hydrogen-bond donors (Lipinski definition) is 2. The van der Waals surface area contributed by atoms with E-state index >= 15 is 0 Å². The van der Waals surface area contributed by atoms with Crippen LogP contribution in [0.2, 0.25) is 0 Å². The topological polar surface area (TPSA) is 76.5 Å². The van der Waals surface area contributed by atoms with Crippen molar-refractivity contribution in [3.05, 3.63) is 42.0 Å². The van der Waals surface area contributed by atoms with Crippen LogP contribution in [0.1, 0.15) is 31.4 Å². The van der Waals surface area contributed by atoms with Crippen LogP contribution in [0.15, 0.2) is 46.4 Å². The summed E-state index contributed by atoms with van der Waals surface area (Å²) in [6.07, 6.45) is 2.13. The number of methoxy groups -OCH3 is 2. The summed E-state index contributed by atoms with van der Waals surface area (Å²) in [5.74, 6) is 3.52. The van der Waals surface area contributed by atoms with E-state index in [0.717, 1.165) is 60.2 Å². The molecule has 2 atom stereocenters. The molecule has 1 saturated heterocycles. The molecule has 7 nitrogen and oxygen atoms in total. The van der Waals surface area contributed by atoms with E-state index in [9.17, 15) is 0 Å². The Labute approximate surface area is 188 Å². The second kappa shape index (κ2) is 8.82. The van der Waals surface area contributed by atoms with Gasteiger partial charge in [-0.2, -0.15) is 0 Å². The van der Waals surface area contributed by atoms with Crippen molar-refractivity contribution >= 4 is 17.4 Å². The molecule has 32 heavy (non-hydrogen) atoms. The van der Waals surface area contributed by atoms with Gasteiger partial charge in [0.05, 0.1) is 20.8 Å². The van der Waals surface area contributed by atoms with Crippen LogP contribution in [0, 0.1) is 5.92 Å². The molecule has 0 spiro atoms. The van der Waals surface area contributed by atoms with Gasteiger partial charge in [0.15, 0.2) is 11.5 Å². The number of aliphatic imine (C=N–C) groups is 2. The summed E-state index contributed by atoms with van der Waals surface area (Å²) in [5, 5.41) is 7.05. The Morgan fingerprint density at radius 1 is 0.969 bits per heavy atom. The molecule has 3 aliphatic rings. The average Bonchev–Trinajstić information content (AvgIpc) is 3.22. The van der Waals surface area contributed by atoms with E-state index in [4.69, 9.17) is 24.2 Å². The Morgan fingerprint density at radius 2 is 1.72 bits per heavy atom. The molecule has 2 N–H and O–H groups in total. The molecular formula is C25H30N4O3. The van der Waals surface area contributed by atoms with E-state index < -0.39 is 0 Å². The number of nitrogens with one attached hydrogen (secondary N) is 2. The van der Waals surface area contributed by atoms with Gasteiger partial charge in [-0.05, 0) is 62.2 Å². The first-order chi connectivity index (χ1) is 15.7. The summed E-state index contributed by atoms with van der Waals surface area (Å²) in [6.45, 7) is 4.63. The average molecular weight is 435 g/mol. The minimum Gasteiger partial charge on any atom is -0.493 e. The molecule has 2 unspecified atom stereocenters. The summed E-state index contributed by atoms with van der Waals surface area (Å²) >= 11 is 0. The fourth-order valence-electron chi connectivity index (χ4n) is 4.80. The van der Waals surface area contributed by atoms with Gasteiger partial charge < -0.3 is 24.8 Å². The van der Waals surface area contributed by atoms with Crippen LogP contribution < -0.4 is 20.1 Å². The lowest BCUT2D eigenvalue weighted by Crippen LogP contribution is -2.39. The van der Waals surface area contributed by atoms with Gasteiger partial charge in [-0.1, -0.05) is 18.2 Å². The number of amidine groups is 1. The van der Waals surface area contributed by atoms with E-state index in [1.165, 1.54) is 5.56 Å². The molecule has 5 rings (SSSR count). The van der Waals surface area contributed by atoms with Crippen LogP contribution in [0.4, 0.5) is 5.69 Å². The van der Waals surface area contributed by atoms with Gasteiger partial charge in [-0.15, -0.1) is 0 Å². The first kappa shape index (κ1) is 20.8. The molecule has 0 aliphatic carbocycles. The van der Waals surface area contributed by atoms with Gasteiger partial charge >= 0.3 is 0 Å². The molecule has 0 amide bonds. The third kappa shape index (κ3) is 3.71. The Balaban J connectivity index is 1.48. The molecule has 0 aromatic heterocycles. The summed E-state index contributed by atoms with van der Waals surface area (Å²) in [6, 6.07) is 12.4. The number of nitrogens with zero attached hydrogens (tertiary/aromatic N) is 2. The first-order valence-corrected chi connectivity index (χ1v) is 11.3. The smallest absolute Gasteiger partial charge is 0.215 e. The Morgan fingerprint density at radius 3 is 2.47 bits per heavy atom. The maximum Gasteiger partial charge on any atom is 0.215 e. The van der Waals surface area contributed by atoms with Crippen LogP contribution in [-0.4, -0.2) is 51.7 Å². The standard InChI is InChI=1S/C25H30N4O3/c1-4-32-25-23-22(28-24(29-25)15-9-11-26-12-10-15)18-7-5-16(13-19(18)27-23)17-6-8-20(30-2)21(14-17)31-3/h5-8,13-15,22-23,26-27H,4,9-12H2,1-3H3. The fourth-order valence-corrected chi connectivity index (χ4v) is 4.80. The van der Waals surface area contributed by atoms with Gasteiger partial charge in [0.1, 0.15) is 17.9 Å². The molecule has 2 aromatic rings. The zero-order valence-corrected chi connectivity index (χ0v) is 18.9. The molecule has 0 bridgehead atoms. The van der Waals surface area contributed by atoms with E-state index in [2.05, 4.69) is 28.8 Å². The Bertz CT molecular complexity index is 1060. The highest BCUT2D eigenvalue weighted by Gasteiger charge is 2.40. The third-order valence-corrected chi connectivity index (χ3v) is 6.47. The van der Waals surface area contributed by atoms with Crippen molar-refractivity contribution in [2.24, 2.45) is 15.9 Å². The number of ether oxygens (including phenoxy) is 3. The Kier molecular flexibility index (Phi) is 5.74. The normalized spacial score (nSPS) is 22.2. The zero-order chi connectivity index (χ0) is 22.1. The number of fused-ring (bicyclic) bond motifs is 3. The largest absolute Gasteiger partial charge is 0.493 e. The van der Waals surface area contributed by atoms with Crippen LogP contribution in [0.3, 0.4) is 0 Å². The van der Waals surface area contributed by atoms with Crippen molar-refractivity contribution in [1.29, 1.82) is 0 Å². The molecule has 1 fully saturated rings. The highest BCUT2D eigenvalue weighted by molar-refractivity contribution is 6.03. The zero-order valence-electron chi connectivity index (χ0n) is 18.9. The summed E-state index contributed by atoms with van der Waals surface area (Å²) in [7, 11) is 3.30. The second-order valence-corrected chi connectivity index (χ2v) is 8.33. The quantitative estimate of drug-likeness (QED) is 0.742. The van der Waals surface area contributed by atoms with Crippen molar-refractivity contribution in [3.63, 3.8) is 0 Å². The number of benzene rings is 2. The summed E-state index contributed by atoms with van der Waals surface area (Å²) < 4.78 is 16.8. The molecule has 0 saturated carbocycles. The van der Waals surface area contributed by atoms with Crippen molar-refractivity contribution in [3.8, 4) is 22.6 Å². The van der Waals surface area contributed by atoms with E-state index in [1.807, 2.05) is 25.1 Å². The third-order valence-electron chi connectivity index (χ3n) is 6.47. The summed E-state index contributed by atoms with van der Waals surface area (Å²) in [5.41, 5.74) is 4.45. The molecular weight excluding hydrogens is 404 g/mol. The van der Waals surface area contributed by atoms with Gasteiger partial charge in [0, 0.05) is 17.2 Å². The minimum atomic E-state index is -0.0592. The predicted molar refractivity (Wildman–Crippen MR) is 127 cm³/mol. The van der Waals surface area contributed by atoms with E-state index in [0.29, 0.717) is 18.3 Å². The highest BCUT2D eigenvalue weighted by atomic mass is 16.5. The molecule has 3 heterocycles. The van der Waals surface area contributed by atoms with E-state index in [1.54, 1.807) is 14.2 Å². The van der Waals surface area contributed by atoms with Crippen LogP contribution >= 0.6 is 0 Å². The number of hydrogen-bond acceptors (Lipinski definition) is 7. The first-order valence-electron chi connectivity index (χ1n) is 11.3. The summed E-state index contributed by atoms with van der Waals surface area (Å²) in [4.78, 5) is 9.98. The SMILES string of the molecule is CCOC1=NC(C2CCNCC2)=NC2c3ccc(-c4ccc(OC)c(OC)c4)cc3NC12. The predicted octanol–water partition coefficient (Wildman–Crippen LogP) is 4.05. The van der Waals surface area contributed by atoms with Crippen molar-refractivity contribution < 1.29 is 14.2 Å². The number of anilines is 1. The van der Waals surface area contributed by atoms with Crippen LogP contribution in [-0.2, 0) is 4.74 Å². The maximum atomic E-state index is 5.98. The molecule has 0 radical (unpaired) electrons. The molecule has 3 aliphatic heterocycles. The molecule has 2 aromatic carbocycles. The lowest BCUT2D eigenvalue weighted by molar-refractivity contribution is 0.308. The minimum absolute atomic E-state index is 0.00612. The van der Waals surface area contributed by atoms with Gasteiger partial charge in [-0.25, -0.2) is 4.99 Å². The lowest BCUT2D eigenvalue weighted by Gasteiger charge is -2.29. The van der Waals surface area contributed by atoms with Crippen molar-refractivity contribution in [2.45, 2.75) is 31.8 Å². The molecule has 7 heteroatoms. The maximum absolute atomic E-state index is 5.98.